The fraction of sp³-hybridized carbons (Fsp3) is 1.00. The zero-order valence-electron chi connectivity index (χ0n) is 13.5. The summed E-state index contributed by atoms with van der Waals surface area (Å²) >= 11 is 0. The van der Waals surface area contributed by atoms with Gasteiger partial charge in [-0.05, 0) is 78.8 Å². The van der Waals surface area contributed by atoms with Crippen LogP contribution >= 0.6 is 0 Å². The van der Waals surface area contributed by atoms with Gasteiger partial charge in [0.25, 0.3) is 0 Å². The Balaban J connectivity index is 1.21. The molecule has 2 saturated heterocycles. The Bertz CT molecular complexity index is 233. The van der Waals surface area contributed by atoms with E-state index in [-0.39, 0.29) is 0 Å². The van der Waals surface area contributed by atoms with Gasteiger partial charge in [0, 0.05) is 25.2 Å². The minimum Gasteiger partial charge on any atom is -0.317 e. The Kier molecular flexibility index (Phi) is 7.28. The van der Waals surface area contributed by atoms with Crippen LogP contribution < -0.4 is 10.6 Å². The molecule has 4 heteroatoms. The van der Waals surface area contributed by atoms with Gasteiger partial charge in [-0.1, -0.05) is 0 Å². The Labute approximate surface area is 125 Å². The van der Waals surface area contributed by atoms with Gasteiger partial charge in [0.1, 0.15) is 0 Å². The molecule has 0 aromatic carbocycles. The Morgan fingerprint density at radius 3 is 1.40 bits per heavy atom. The summed E-state index contributed by atoms with van der Waals surface area (Å²) < 4.78 is 0. The van der Waals surface area contributed by atoms with Crippen molar-refractivity contribution in [2.24, 2.45) is 0 Å². The van der Waals surface area contributed by atoms with E-state index in [9.17, 15) is 0 Å². The summed E-state index contributed by atoms with van der Waals surface area (Å²) in [5.74, 6) is 0. The third-order valence-corrected chi connectivity index (χ3v) is 4.53. The average molecular weight is 282 g/mol. The second-order valence-electron chi connectivity index (χ2n) is 6.60. The van der Waals surface area contributed by atoms with Crippen molar-refractivity contribution in [3.63, 3.8) is 0 Å². The van der Waals surface area contributed by atoms with Crippen molar-refractivity contribution in [2.45, 2.75) is 51.6 Å². The number of unbranched alkanes of at least 4 members (excludes halogenated alkanes) is 1. The fourth-order valence-corrected chi connectivity index (χ4v) is 2.77. The molecule has 0 aromatic rings. The summed E-state index contributed by atoms with van der Waals surface area (Å²) in [5.41, 5.74) is 0. The smallest absolute Gasteiger partial charge is 0.0195 e. The maximum absolute atomic E-state index is 3.55. The molecule has 2 aliphatic heterocycles. The lowest BCUT2D eigenvalue weighted by molar-refractivity contribution is 0.474. The fourth-order valence-electron chi connectivity index (χ4n) is 2.77. The van der Waals surface area contributed by atoms with Crippen LogP contribution in [0.5, 0.6) is 0 Å². The zero-order valence-corrected chi connectivity index (χ0v) is 13.5. The lowest BCUT2D eigenvalue weighted by Gasteiger charge is -2.07. The van der Waals surface area contributed by atoms with Gasteiger partial charge in [-0.3, -0.25) is 9.80 Å². The quantitative estimate of drug-likeness (QED) is 0.392. The molecule has 2 N–H and O–H groups in total. The minimum absolute atomic E-state index is 0.862. The van der Waals surface area contributed by atoms with Crippen molar-refractivity contribution >= 4 is 0 Å². The van der Waals surface area contributed by atoms with Crippen molar-refractivity contribution < 1.29 is 0 Å². The van der Waals surface area contributed by atoms with E-state index >= 15 is 0 Å². The monoisotopic (exact) mass is 282 g/mol. The third-order valence-electron chi connectivity index (χ3n) is 4.53. The first-order valence-electron chi connectivity index (χ1n) is 8.67. The average Bonchev–Trinajstić information content (AvgIpc) is 3.31. The first-order chi connectivity index (χ1) is 9.77. The molecule has 2 rings (SSSR count). The molecule has 0 bridgehead atoms. The van der Waals surface area contributed by atoms with Crippen LogP contribution in [0.1, 0.15) is 39.5 Å². The molecule has 0 aromatic heterocycles. The van der Waals surface area contributed by atoms with Crippen LogP contribution in [-0.2, 0) is 0 Å². The molecule has 2 heterocycles. The summed E-state index contributed by atoms with van der Waals surface area (Å²) in [5, 5.41) is 7.10. The standard InChI is InChI=1S/C16H34N4/c1-15-13-19(15)11-5-9-17-7-3-4-8-18-10-6-12-20-14-16(20)2/h15-18H,3-14H2,1-2H3. The highest BCUT2D eigenvalue weighted by Crippen LogP contribution is 2.15. The van der Waals surface area contributed by atoms with Gasteiger partial charge >= 0.3 is 0 Å². The highest BCUT2D eigenvalue weighted by atomic mass is 15.3. The van der Waals surface area contributed by atoms with Gasteiger partial charge < -0.3 is 10.6 Å². The lowest BCUT2D eigenvalue weighted by atomic mass is 10.3. The summed E-state index contributed by atoms with van der Waals surface area (Å²) in [6.07, 6.45) is 5.21. The van der Waals surface area contributed by atoms with Crippen molar-refractivity contribution in [3.8, 4) is 0 Å². The predicted molar refractivity (Wildman–Crippen MR) is 86.3 cm³/mol. The predicted octanol–water partition coefficient (Wildman–Crippen LogP) is 1.13. The molecular formula is C16H34N4. The highest BCUT2D eigenvalue weighted by molar-refractivity contribution is 4.84. The van der Waals surface area contributed by atoms with E-state index in [0.29, 0.717) is 0 Å². The Morgan fingerprint density at radius 1 is 0.700 bits per heavy atom. The van der Waals surface area contributed by atoms with Crippen molar-refractivity contribution in [1.82, 2.24) is 20.4 Å². The van der Waals surface area contributed by atoms with Crippen LogP contribution in [0.2, 0.25) is 0 Å². The van der Waals surface area contributed by atoms with Crippen LogP contribution in [0.15, 0.2) is 0 Å². The maximum Gasteiger partial charge on any atom is 0.0195 e. The van der Waals surface area contributed by atoms with E-state index in [4.69, 9.17) is 0 Å². The number of nitrogens with zero attached hydrogens (tertiary/aromatic N) is 2. The van der Waals surface area contributed by atoms with Gasteiger partial charge in [-0.15, -0.1) is 0 Å². The van der Waals surface area contributed by atoms with Crippen LogP contribution in [-0.4, -0.2) is 74.2 Å². The van der Waals surface area contributed by atoms with E-state index in [2.05, 4.69) is 34.3 Å². The number of hydrogen-bond donors (Lipinski definition) is 2. The molecule has 0 amide bonds. The van der Waals surface area contributed by atoms with E-state index < -0.39 is 0 Å². The van der Waals surface area contributed by atoms with Crippen LogP contribution in [0, 0.1) is 0 Å². The molecular weight excluding hydrogens is 248 g/mol. The van der Waals surface area contributed by atoms with Crippen molar-refractivity contribution in [3.05, 3.63) is 0 Å². The van der Waals surface area contributed by atoms with E-state index in [1.165, 1.54) is 78.0 Å². The Morgan fingerprint density at radius 2 is 1.05 bits per heavy atom. The molecule has 20 heavy (non-hydrogen) atoms. The van der Waals surface area contributed by atoms with Gasteiger partial charge in [0.05, 0.1) is 0 Å². The van der Waals surface area contributed by atoms with Crippen LogP contribution in [0.4, 0.5) is 0 Å². The lowest BCUT2D eigenvalue weighted by Crippen LogP contribution is -2.22. The molecule has 4 atom stereocenters. The molecule has 2 aliphatic rings. The van der Waals surface area contributed by atoms with Gasteiger partial charge in [0.15, 0.2) is 0 Å². The molecule has 0 spiro atoms. The van der Waals surface area contributed by atoms with E-state index in [1.807, 2.05) is 0 Å². The van der Waals surface area contributed by atoms with E-state index in [1.54, 1.807) is 0 Å². The Hall–Kier alpha value is -0.160. The summed E-state index contributed by atoms with van der Waals surface area (Å²) in [6, 6.07) is 1.72. The summed E-state index contributed by atoms with van der Waals surface area (Å²) in [6.45, 7) is 14.6. The number of hydrogen-bond acceptors (Lipinski definition) is 4. The first kappa shape index (κ1) is 16.2. The maximum atomic E-state index is 3.55. The zero-order chi connectivity index (χ0) is 14.2. The minimum atomic E-state index is 0.862. The second kappa shape index (κ2) is 8.98. The number of rotatable bonds is 13. The second-order valence-corrected chi connectivity index (χ2v) is 6.60. The largest absolute Gasteiger partial charge is 0.317 e. The SMILES string of the molecule is CC1CN1CCCNCCCCNCCCN1CC1C. The van der Waals surface area contributed by atoms with Gasteiger partial charge in [-0.25, -0.2) is 0 Å². The van der Waals surface area contributed by atoms with Crippen molar-refractivity contribution in [2.75, 3.05) is 52.4 Å². The molecule has 2 fully saturated rings. The first-order valence-corrected chi connectivity index (χ1v) is 8.67. The van der Waals surface area contributed by atoms with Gasteiger partial charge in [-0.2, -0.15) is 0 Å². The van der Waals surface area contributed by atoms with Crippen LogP contribution in [0.3, 0.4) is 0 Å². The molecule has 0 aliphatic carbocycles. The van der Waals surface area contributed by atoms with E-state index in [0.717, 1.165) is 12.1 Å². The van der Waals surface area contributed by atoms with Crippen molar-refractivity contribution in [1.29, 1.82) is 0 Å². The summed E-state index contributed by atoms with van der Waals surface area (Å²) in [4.78, 5) is 5.06. The normalized spacial score (nSPS) is 31.5. The molecule has 118 valence electrons. The van der Waals surface area contributed by atoms with Crippen LogP contribution in [0.25, 0.3) is 0 Å². The molecule has 0 radical (unpaired) electrons. The molecule has 4 nitrogen and oxygen atoms in total. The number of nitrogens with one attached hydrogen (secondary N) is 2. The molecule has 0 saturated carbocycles. The highest BCUT2D eigenvalue weighted by Gasteiger charge is 2.27. The topological polar surface area (TPSA) is 30.1 Å². The third kappa shape index (κ3) is 7.02. The van der Waals surface area contributed by atoms with Gasteiger partial charge in [0.2, 0.25) is 0 Å². The summed E-state index contributed by atoms with van der Waals surface area (Å²) in [7, 11) is 0. The molecule has 4 unspecified atom stereocenters.